The molecular weight excluding hydrogens is 347 g/mol. The Bertz CT molecular complexity index is 931. The first-order chi connectivity index (χ1) is 12.4. The minimum Gasteiger partial charge on any atom is -0.332 e. The van der Waals surface area contributed by atoms with Crippen molar-refractivity contribution in [3.8, 4) is 0 Å². The molecule has 0 spiro atoms. The zero-order valence-corrected chi connectivity index (χ0v) is 15.8. The number of nitrogens with zero attached hydrogens (tertiary/aromatic N) is 2. The summed E-state index contributed by atoms with van der Waals surface area (Å²) in [5.41, 5.74) is 5.26. The summed E-state index contributed by atoms with van der Waals surface area (Å²) < 4.78 is 15.7. The Kier molecular flexibility index (Phi) is 5.32. The summed E-state index contributed by atoms with van der Waals surface area (Å²) in [6, 6.07) is 14.7. The lowest BCUT2D eigenvalue weighted by atomic mass is 10.2. The van der Waals surface area contributed by atoms with Gasteiger partial charge in [0.2, 0.25) is 0 Å². The van der Waals surface area contributed by atoms with Crippen LogP contribution in [0, 0.1) is 26.6 Å². The van der Waals surface area contributed by atoms with Gasteiger partial charge in [-0.3, -0.25) is 4.68 Å². The highest BCUT2D eigenvalue weighted by Crippen LogP contribution is 2.21. The molecule has 0 radical (unpaired) electrons. The molecule has 0 saturated carbocycles. The van der Waals surface area contributed by atoms with E-state index in [-0.39, 0.29) is 5.82 Å². The van der Waals surface area contributed by atoms with E-state index in [0.717, 1.165) is 22.8 Å². The summed E-state index contributed by atoms with van der Waals surface area (Å²) in [6.07, 6.45) is 0. The maximum absolute atomic E-state index is 13.9. The molecule has 2 N–H and O–H groups in total. The van der Waals surface area contributed by atoms with Crippen molar-refractivity contribution in [3.05, 3.63) is 76.9 Å². The van der Waals surface area contributed by atoms with Crippen LogP contribution in [0.15, 0.2) is 48.5 Å². The number of aryl methyl sites for hydroxylation is 2. The standard InChI is InChI=1S/C20H21FN4S/c1-13-8-10-17(11-9-13)22-20(26)23-19-14(2)24-25(15(19)3)12-16-6-4-5-7-18(16)21/h4-11H,12H2,1-3H3,(H2,22,23,26). The molecule has 0 aliphatic carbocycles. The number of aromatic nitrogens is 2. The Morgan fingerprint density at radius 1 is 1.04 bits per heavy atom. The van der Waals surface area contributed by atoms with E-state index in [9.17, 15) is 4.39 Å². The van der Waals surface area contributed by atoms with Crippen LogP contribution in [0.1, 0.15) is 22.5 Å². The molecule has 0 unspecified atom stereocenters. The third kappa shape index (κ3) is 4.08. The molecule has 0 amide bonds. The predicted octanol–water partition coefficient (Wildman–Crippen LogP) is 4.80. The topological polar surface area (TPSA) is 41.9 Å². The molecule has 0 fully saturated rings. The van der Waals surface area contributed by atoms with Gasteiger partial charge in [0.1, 0.15) is 5.82 Å². The molecule has 1 aromatic heterocycles. The fourth-order valence-corrected chi connectivity index (χ4v) is 2.95. The van der Waals surface area contributed by atoms with Gasteiger partial charge >= 0.3 is 0 Å². The molecule has 6 heteroatoms. The Morgan fingerprint density at radius 3 is 2.42 bits per heavy atom. The number of hydrogen-bond donors (Lipinski definition) is 2. The van der Waals surface area contributed by atoms with Gasteiger partial charge in [0, 0.05) is 11.3 Å². The SMILES string of the molecule is Cc1ccc(NC(=S)Nc2c(C)nn(Cc3ccccc3F)c2C)cc1. The first-order valence-corrected chi connectivity index (χ1v) is 8.77. The predicted molar refractivity (Wildman–Crippen MR) is 108 cm³/mol. The lowest BCUT2D eigenvalue weighted by Gasteiger charge is -2.11. The molecule has 0 aliphatic heterocycles. The van der Waals surface area contributed by atoms with Crippen LogP contribution in [0.2, 0.25) is 0 Å². The summed E-state index contributed by atoms with van der Waals surface area (Å²) in [5.74, 6) is -0.230. The van der Waals surface area contributed by atoms with E-state index >= 15 is 0 Å². The van der Waals surface area contributed by atoms with E-state index in [1.54, 1.807) is 16.8 Å². The summed E-state index contributed by atoms with van der Waals surface area (Å²) in [4.78, 5) is 0. The molecule has 0 saturated heterocycles. The van der Waals surface area contributed by atoms with Crippen LogP contribution in [0.5, 0.6) is 0 Å². The highest BCUT2D eigenvalue weighted by atomic mass is 32.1. The van der Waals surface area contributed by atoms with E-state index < -0.39 is 0 Å². The van der Waals surface area contributed by atoms with Gasteiger partial charge in [-0.2, -0.15) is 5.10 Å². The minimum absolute atomic E-state index is 0.230. The average Bonchev–Trinajstić information content (AvgIpc) is 2.86. The highest BCUT2D eigenvalue weighted by molar-refractivity contribution is 7.80. The Labute approximate surface area is 158 Å². The third-order valence-electron chi connectivity index (χ3n) is 4.21. The van der Waals surface area contributed by atoms with Gasteiger partial charge in [-0.25, -0.2) is 4.39 Å². The lowest BCUT2D eigenvalue weighted by molar-refractivity contribution is 0.579. The Morgan fingerprint density at radius 2 is 1.73 bits per heavy atom. The van der Waals surface area contributed by atoms with Crippen LogP contribution in [-0.2, 0) is 6.54 Å². The zero-order chi connectivity index (χ0) is 18.7. The summed E-state index contributed by atoms with van der Waals surface area (Å²) in [5, 5.41) is 11.4. The van der Waals surface area contributed by atoms with Crippen molar-refractivity contribution >= 4 is 28.7 Å². The second-order valence-electron chi connectivity index (χ2n) is 6.24. The summed E-state index contributed by atoms with van der Waals surface area (Å²) >= 11 is 5.41. The molecule has 2 aromatic carbocycles. The number of thiocarbonyl (C=S) groups is 1. The van der Waals surface area contributed by atoms with Crippen molar-refractivity contribution < 1.29 is 4.39 Å². The number of rotatable bonds is 4. The van der Waals surface area contributed by atoms with Crippen LogP contribution in [0.25, 0.3) is 0 Å². The first-order valence-electron chi connectivity index (χ1n) is 8.36. The van der Waals surface area contributed by atoms with E-state index in [1.807, 2.05) is 51.1 Å². The number of halogens is 1. The quantitative estimate of drug-likeness (QED) is 0.649. The second-order valence-corrected chi connectivity index (χ2v) is 6.65. The van der Waals surface area contributed by atoms with Crippen molar-refractivity contribution in [1.29, 1.82) is 0 Å². The largest absolute Gasteiger partial charge is 0.332 e. The minimum atomic E-state index is -0.230. The molecule has 0 bridgehead atoms. The Hall–Kier alpha value is -2.73. The fraction of sp³-hybridized carbons (Fsp3) is 0.200. The normalized spacial score (nSPS) is 10.6. The van der Waals surface area contributed by atoms with Crippen molar-refractivity contribution in [3.63, 3.8) is 0 Å². The molecule has 134 valence electrons. The molecule has 3 aromatic rings. The van der Waals surface area contributed by atoms with E-state index in [4.69, 9.17) is 12.2 Å². The molecular formula is C20H21FN4S. The molecule has 1 heterocycles. The number of hydrogen-bond acceptors (Lipinski definition) is 2. The van der Waals surface area contributed by atoms with Gasteiger partial charge < -0.3 is 10.6 Å². The van der Waals surface area contributed by atoms with Gasteiger partial charge in [-0.15, -0.1) is 0 Å². The average molecular weight is 368 g/mol. The van der Waals surface area contributed by atoms with Gasteiger partial charge in [-0.1, -0.05) is 35.9 Å². The highest BCUT2D eigenvalue weighted by Gasteiger charge is 2.14. The van der Waals surface area contributed by atoms with Crippen LogP contribution >= 0.6 is 12.2 Å². The summed E-state index contributed by atoms with van der Waals surface area (Å²) in [6.45, 7) is 6.26. The molecule has 26 heavy (non-hydrogen) atoms. The van der Waals surface area contributed by atoms with E-state index in [1.165, 1.54) is 11.6 Å². The van der Waals surface area contributed by atoms with Gasteiger partial charge in [-0.05, 0) is 51.2 Å². The third-order valence-corrected chi connectivity index (χ3v) is 4.41. The van der Waals surface area contributed by atoms with Crippen LogP contribution in [-0.4, -0.2) is 14.9 Å². The molecule has 3 rings (SSSR count). The Balaban J connectivity index is 1.74. The monoisotopic (exact) mass is 368 g/mol. The maximum atomic E-state index is 13.9. The van der Waals surface area contributed by atoms with Crippen LogP contribution < -0.4 is 10.6 Å². The van der Waals surface area contributed by atoms with Crippen LogP contribution in [0.4, 0.5) is 15.8 Å². The van der Waals surface area contributed by atoms with Crippen molar-refractivity contribution in [2.75, 3.05) is 10.6 Å². The number of benzene rings is 2. The lowest BCUT2D eigenvalue weighted by Crippen LogP contribution is -2.20. The molecule has 0 aliphatic rings. The van der Waals surface area contributed by atoms with Crippen molar-refractivity contribution in [2.24, 2.45) is 0 Å². The number of anilines is 2. The molecule has 4 nitrogen and oxygen atoms in total. The van der Waals surface area contributed by atoms with Gasteiger partial charge in [0.15, 0.2) is 5.11 Å². The molecule has 0 atom stereocenters. The van der Waals surface area contributed by atoms with E-state index in [2.05, 4.69) is 15.7 Å². The van der Waals surface area contributed by atoms with Crippen LogP contribution in [0.3, 0.4) is 0 Å². The second kappa shape index (κ2) is 7.66. The van der Waals surface area contributed by atoms with Gasteiger partial charge in [0.25, 0.3) is 0 Å². The smallest absolute Gasteiger partial charge is 0.175 e. The fourth-order valence-electron chi connectivity index (χ4n) is 2.73. The maximum Gasteiger partial charge on any atom is 0.175 e. The van der Waals surface area contributed by atoms with Gasteiger partial charge in [0.05, 0.1) is 23.6 Å². The first kappa shape index (κ1) is 18.1. The summed E-state index contributed by atoms with van der Waals surface area (Å²) in [7, 11) is 0. The van der Waals surface area contributed by atoms with Crippen molar-refractivity contribution in [1.82, 2.24) is 9.78 Å². The zero-order valence-electron chi connectivity index (χ0n) is 15.0. The van der Waals surface area contributed by atoms with Crippen molar-refractivity contribution in [2.45, 2.75) is 27.3 Å². The number of nitrogens with one attached hydrogen (secondary N) is 2. The van der Waals surface area contributed by atoms with E-state index in [0.29, 0.717) is 17.2 Å².